The van der Waals surface area contributed by atoms with Crippen molar-refractivity contribution >= 4 is 33.2 Å². The highest BCUT2D eigenvalue weighted by Crippen LogP contribution is 2.35. The minimum atomic E-state index is 0.519. The summed E-state index contributed by atoms with van der Waals surface area (Å²) in [5.74, 6) is 1.35. The largest absolute Gasteiger partial charge is 0.493 e. The van der Waals surface area contributed by atoms with Gasteiger partial charge >= 0.3 is 0 Å². The standard InChI is InChI=1S/C23H24N2O2S/c1-3-4-5-8-14-27-22-17(10-9-12-20(22)26-2)15-18(16-24)23-25-19-11-6-7-13-21(19)28-23/h6-7,9-13,15H,3-5,8,14H2,1-2H3/b18-15-. The van der Waals surface area contributed by atoms with Gasteiger partial charge in [-0.2, -0.15) is 5.26 Å². The van der Waals surface area contributed by atoms with E-state index < -0.39 is 0 Å². The molecule has 2 aromatic carbocycles. The molecular formula is C23H24N2O2S. The van der Waals surface area contributed by atoms with E-state index in [2.05, 4.69) is 18.0 Å². The zero-order valence-electron chi connectivity index (χ0n) is 16.3. The molecule has 4 nitrogen and oxygen atoms in total. The molecule has 0 aliphatic heterocycles. The van der Waals surface area contributed by atoms with Crippen molar-refractivity contribution < 1.29 is 9.47 Å². The highest BCUT2D eigenvalue weighted by molar-refractivity contribution is 7.19. The number of hydrogen-bond acceptors (Lipinski definition) is 5. The molecule has 0 aliphatic rings. The molecule has 0 radical (unpaired) electrons. The second kappa shape index (κ2) is 9.91. The van der Waals surface area contributed by atoms with E-state index in [4.69, 9.17) is 9.47 Å². The molecule has 0 saturated heterocycles. The van der Waals surface area contributed by atoms with Gasteiger partial charge in [-0.1, -0.05) is 50.5 Å². The maximum absolute atomic E-state index is 9.73. The van der Waals surface area contributed by atoms with Gasteiger partial charge in [0, 0.05) is 5.56 Å². The number of ether oxygens (including phenoxy) is 2. The fourth-order valence-electron chi connectivity index (χ4n) is 2.95. The van der Waals surface area contributed by atoms with E-state index in [1.165, 1.54) is 24.2 Å². The summed E-state index contributed by atoms with van der Waals surface area (Å²) >= 11 is 1.52. The second-order valence-corrected chi connectivity index (χ2v) is 7.47. The first kappa shape index (κ1) is 19.9. The number of rotatable bonds is 9. The molecule has 0 bridgehead atoms. The van der Waals surface area contributed by atoms with Gasteiger partial charge in [0.1, 0.15) is 11.1 Å². The van der Waals surface area contributed by atoms with Gasteiger partial charge in [0.2, 0.25) is 0 Å². The van der Waals surface area contributed by atoms with Crippen LogP contribution in [0.3, 0.4) is 0 Å². The van der Waals surface area contributed by atoms with Crippen molar-refractivity contribution in [1.82, 2.24) is 4.98 Å². The average Bonchev–Trinajstić information content (AvgIpc) is 3.16. The first-order chi connectivity index (χ1) is 13.8. The number of allylic oxidation sites excluding steroid dienone is 1. The lowest BCUT2D eigenvalue weighted by molar-refractivity contribution is 0.284. The molecule has 3 aromatic rings. The van der Waals surface area contributed by atoms with Gasteiger partial charge in [0.15, 0.2) is 11.5 Å². The van der Waals surface area contributed by atoms with E-state index in [-0.39, 0.29) is 0 Å². The Hall–Kier alpha value is -2.84. The maximum Gasteiger partial charge on any atom is 0.168 e. The summed E-state index contributed by atoms with van der Waals surface area (Å²) < 4.78 is 12.6. The summed E-state index contributed by atoms with van der Waals surface area (Å²) in [6, 6.07) is 15.9. The molecule has 5 heteroatoms. The third-order valence-electron chi connectivity index (χ3n) is 4.42. The van der Waals surface area contributed by atoms with Crippen LogP contribution in [0.2, 0.25) is 0 Å². The van der Waals surface area contributed by atoms with Crippen LogP contribution in [0.1, 0.15) is 43.2 Å². The van der Waals surface area contributed by atoms with Gasteiger partial charge in [0.05, 0.1) is 29.5 Å². The molecule has 0 saturated carbocycles. The van der Waals surface area contributed by atoms with Crippen LogP contribution in [-0.4, -0.2) is 18.7 Å². The summed E-state index contributed by atoms with van der Waals surface area (Å²) in [4.78, 5) is 4.60. The third kappa shape index (κ3) is 4.71. The highest BCUT2D eigenvalue weighted by Gasteiger charge is 2.13. The first-order valence-electron chi connectivity index (χ1n) is 9.54. The number of thiazole rings is 1. The van der Waals surface area contributed by atoms with Crippen LogP contribution in [0, 0.1) is 11.3 Å². The Morgan fingerprint density at radius 3 is 2.75 bits per heavy atom. The molecular weight excluding hydrogens is 368 g/mol. The van der Waals surface area contributed by atoms with Crippen molar-refractivity contribution in [3.05, 3.63) is 53.0 Å². The minimum Gasteiger partial charge on any atom is -0.493 e. The van der Waals surface area contributed by atoms with Crippen LogP contribution < -0.4 is 9.47 Å². The second-order valence-electron chi connectivity index (χ2n) is 6.44. The molecule has 3 rings (SSSR count). The van der Waals surface area contributed by atoms with E-state index in [0.29, 0.717) is 28.7 Å². The summed E-state index contributed by atoms with van der Waals surface area (Å²) in [6.45, 7) is 2.82. The van der Waals surface area contributed by atoms with Crippen molar-refractivity contribution in [2.24, 2.45) is 0 Å². The lowest BCUT2D eigenvalue weighted by atomic mass is 10.1. The third-order valence-corrected chi connectivity index (χ3v) is 5.49. The van der Waals surface area contributed by atoms with E-state index in [9.17, 15) is 5.26 Å². The van der Waals surface area contributed by atoms with Crippen molar-refractivity contribution in [2.75, 3.05) is 13.7 Å². The zero-order chi connectivity index (χ0) is 19.8. The zero-order valence-corrected chi connectivity index (χ0v) is 17.1. The van der Waals surface area contributed by atoms with E-state index >= 15 is 0 Å². The number of methoxy groups -OCH3 is 1. The Balaban J connectivity index is 1.91. The summed E-state index contributed by atoms with van der Waals surface area (Å²) in [7, 11) is 1.63. The number of aromatic nitrogens is 1. The van der Waals surface area contributed by atoms with Gasteiger partial charge in [-0.05, 0) is 30.7 Å². The van der Waals surface area contributed by atoms with Crippen molar-refractivity contribution in [2.45, 2.75) is 32.6 Å². The Morgan fingerprint density at radius 2 is 2.00 bits per heavy atom. The molecule has 0 fully saturated rings. The Kier molecular flexibility index (Phi) is 7.05. The first-order valence-corrected chi connectivity index (χ1v) is 10.4. The predicted octanol–water partition coefficient (Wildman–Crippen LogP) is 6.33. The van der Waals surface area contributed by atoms with E-state index in [1.807, 2.05) is 48.5 Å². The van der Waals surface area contributed by atoms with Crippen molar-refractivity contribution in [3.63, 3.8) is 0 Å². The van der Waals surface area contributed by atoms with Gasteiger partial charge in [-0.15, -0.1) is 11.3 Å². The van der Waals surface area contributed by atoms with Crippen LogP contribution in [0.15, 0.2) is 42.5 Å². The van der Waals surface area contributed by atoms with E-state index in [0.717, 1.165) is 28.6 Å². The normalized spacial score (nSPS) is 11.4. The number of fused-ring (bicyclic) bond motifs is 1. The molecule has 0 atom stereocenters. The van der Waals surface area contributed by atoms with Crippen LogP contribution in [0.5, 0.6) is 11.5 Å². The topological polar surface area (TPSA) is 55.1 Å². The quantitative estimate of drug-likeness (QED) is 0.315. The maximum atomic E-state index is 9.73. The summed E-state index contributed by atoms with van der Waals surface area (Å²) in [6.07, 6.45) is 6.38. The van der Waals surface area contributed by atoms with Gasteiger partial charge in [-0.25, -0.2) is 4.98 Å². The number of benzene rings is 2. The van der Waals surface area contributed by atoms with Crippen LogP contribution >= 0.6 is 11.3 Å². The fraction of sp³-hybridized carbons (Fsp3) is 0.304. The predicted molar refractivity (Wildman–Crippen MR) is 116 cm³/mol. The molecule has 0 amide bonds. The van der Waals surface area contributed by atoms with Gasteiger partial charge in [-0.3, -0.25) is 0 Å². The molecule has 0 unspecified atom stereocenters. The lowest BCUT2D eigenvalue weighted by Crippen LogP contribution is -2.01. The number of nitrogens with zero attached hydrogens (tertiary/aromatic N) is 2. The van der Waals surface area contributed by atoms with Crippen LogP contribution in [0.4, 0.5) is 0 Å². The van der Waals surface area contributed by atoms with Crippen molar-refractivity contribution in [1.29, 1.82) is 5.26 Å². The Morgan fingerprint density at radius 1 is 1.14 bits per heavy atom. The van der Waals surface area contributed by atoms with E-state index in [1.54, 1.807) is 7.11 Å². The minimum absolute atomic E-state index is 0.519. The van der Waals surface area contributed by atoms with Gasteiger partial charge < -0.3 is 9.47 Å². The summed E-state index contributed by atoms with van der Waals surface area (Å²) in [5, 5.41) is 10.4. The smallest absolute Gasteiger partial charge is 0.168 e. The Labute approximate surface area is 170 Å². The molecule has 144 valence electrons. The molecule has 1 aromatic heterocycles. The fourth-order valence-corrected chi connectivity index (χ4v) is 3.88. The van der Waals surface area contributed by atoms with Crippen LogP contribution in [-0.2, 0) is 0 Å². The number of nitriles is 1. The monoisotopic (exact) mass is 392 g/mol. The van der Waals surface area contributed by atoms with Crippen molar-refractivity contribution in [3.8, 4) is 17.6 Å². The van der Waals surface area contributed by atoms with Crippen LogP contribution in [0.25, 0.3) is 21.9 Å². The molecule has 0 aliphatic carbocycles. The average molecular weight is 393 g/mol. The number of para-hydroxylation sites is 2. The molecule has 28 heavy (non-hydrogen) atoms. The molecule has 0 N–H and O–H groups in total. The molecule has 1 heterocycles. The highest BCUT2D eigenvalue weighted by atomic mass is 32.1. The number of hydrogen-bond donors (Lipinski definition) is 0. The Bertz CT molecular complexity index is 968. The summed E-state index contributed by atoms with van der Waals surface area (Å²) in [5.41, 5.74) is 2.25. The lowest BCUT2D eigenvalue weighted by Gasteiger charge is -2.13. The SMILES string of the molecule is CCCCCCOc1c(/C=C(/C#N)c2nc3ccccc3s2)cccc1OC. The molecule has 0 spiro atoms. The number of unbranched alkanes of at least 4 members (excludes halogenated alkanes) is 3. The van der Waals surface area contributed by atoms with Gasteiger partial charge in [0.25, 0.3) is 0 Å².